The molecule has 0 fully saturated rings. The maximum Gasteiger partial charge on any atom is 0.324 e. The number of methoxy groups -OCH3 is 1. The van der Waals surface area contributed by atoms with Crippen molar-refractivity contribution in [2.75, 3.05) is 19.1 Å². The van der Waals surface area contributed by atoms with Gasteiger partial charge in [-0.25, -0.2) is 9.97 Å². The van der Waals surface area contributed by atoms with E-state index < -0.39 is 24.2 Å². The Bertz CT molecular complexity index is 1600. The molecule has 0 spiro atoms. The summed E-state index contributed by atoms with van der Waals surface area (Å²) in [6.45, 7) is 9.26. The van der Waals surface area contributed by atoms with Crippen LogP contribution in [0.4, 0.5) is 10.1 Å². The average Bonchev–Trinajstić information content (AvgIpc) is 3.34. The highest BCUT2D eigenvalue weighted by molar-refractivity contribution is 6.01. The number of fused-ring (bicyclic) bond motifs is 1. The van der Waals surface area contributed by atoms with E-state index in [9.17, 15) is 14.0 Å². The molecule has 0 aliphatic carbocycles. The van der Waals surface area contributed by atoms with Crippen LogP contribution in [0.2, 0.25) is 0 Å². The number of likely N-dealkylation sites (N-methyl/N-ethyl adjacent to an activating group) is 1. The molecule has 1 amide bonds. The van der Waals surface area contributed by atoms with Crippen molar-refractivity contribution in [3.05, 3.63) is 73.6 Å². The van der Waals surface area contributed by atoms with Crippen LogP contribution < -0.4 is 15.4 Å². The Kier molecular flexibility index (Phi) is 8.83. The van der Waals surface area contributed by atoms with E-state index in [0.717, 1.165) is 11.1 Å². The van der Waals surface area contributed by atoms with E-state index in [0.29, 0.717) is 40.0 Å². The van der Waals surface area contributed by atoms with Crippen LogP contribution in [-0.4, -0.2) is 46.6 Å². The molecule has 214 valence electrons. The van der Waals surface area contributed by atoms with E-state index in [4.69, 9.17) is 20.2 Å². The molecule has 0 aliphatic rings. The molecule has 2 N–H and O–H groups in total. The molecule has 2 unspecified atom stereocenters. The van der Waals surface area contributed by atoms with E-state index in [1.807, 2.05) is 32.0 Å². The van der Waals surface area contributed by atoms with Crippen molar-refractivity contribution in [2.24, 2.45) is 11.7 Å². The highest BCUT2D eigenvalue weighted by Crippen LogP contribution is 2.36. The summed E-state index contributed by atoms with van der Waals surface area (Å²) in [6.07, 6.45) is 5.85. The number of nitrogens with zero attached hydrogens (tertiary/aromatic N) is 4. The maximum atomic E-state index is 14.2. The molecule has 41 heavy (non-hydrogen) atoms. The second kappa shape index (κ2) is 12.3. The van der Waals surface area contributed by atoms with Gasteiger partial charge in [0.1, 0.15) is 17.4 Å². The predicted molar refractivity (Wildman–Crippen MR) is 157 cm³/mol. The molecular weight excluding hydrogens is 525 g/mol. The van der Waals surface area contributed by atoms with Gasteiger partial charge in [-0.15, -0.1) is 0 Å². The number of benzene rings is 1. The number of pyridine rings is 2. The van der Waals surface area contributed by atoms with Crippen LogP contribution in [0.15, 0.2) is 67.6 Å². The predicted octanol–water partition coefficient (Wildman–Crippen LogP) is 5.50. The summed E-state index contributed by atoms with van der Waals surface area (Å²) < 4.78 is 27.1. The van der Waals surface area contributed by atoms with E-state index in [-0.39, 0.29) is 11.8 Å². The highest BCUT2D eigenvalue weighted by Gasteiger charge is 2.23. The fourth-order valence-electron chi connectivity index (χ4n) is 4.61. The molecule has 2 atom stereocenters. The number of carbonyl (C=O) groups is 2. The largest absolute Gasteiger partial charge is 0.497 e. The molecule has 3 heterocycles. The van der Waals surface area contributed by atoms with Crippen LogP contribution in [-0.2, 0) is 14.3 Å². The molecule has 0 radical (unpaired) electrons. The van der Waals surface area contributed by atoms with Gasteiger partial charge in [0.05, 0.1) is 7.11 Å². The lowest BCUT2D eigenvalue weighted by Crippen LogP contribution is -2.34. The Morgan fingerprint density at radius 3 is 2.54 bits per heavy atom. The van der Waals surface area contributed by atoms with Gasteiger partial charge in [0, 0.05) is 60.0 Å². The molecule has 0 bridgehead atoms. The fraction of sp³-hybridized carbons (Fsp3) is 0.290. The van der Waals surface area contributed by atoms with Crippen LogP contribution in [0, 0.1) is 11.9 Å². The highest BCUT2D eigenvalue weighted by atomic mass is 19.1. The molecule has 4 rings (SSSR count). The minimum absolute atomic E-state index is 0.236. The minimum atomic E-state index is -0.749. The Morgan fingerprint density at radius 2 is 1.88 bits per heavy atom. The third-order valence-electron chi connectivity index (χ3n) is 6.77. The van der Waals surface area contributed by atoms with Crippen LogP contribution in [0.1, 0.15) is 33.4 Å². The van der Waals surface area contributed by atoms with Gasteiger partial charge >= 0.3 is 5.97 Å². The zero-order valence-corrected chi connectivity index (χ0v) is 23.8. The number of hydrogen-bond donors (Lipinski definition) is 1. The van der Waals surface area contributed by atoms with Gasteiger partial charge in [0.25, 0.3) is 0 Å². The quantitative estimate of drug-likeness (QED) is 0.155. The van der Waals surface area contributed by atoms with Gasteiger partial charge in [-0.2, -0.15) is 4.39 Å². The Morgan fingerprint density at radius 1 is 1.12 bits per heavy atom. The number of anilines is 1. The van der Waals surface area contributed by atoms with Crippen molar-refractivity contribution in [1.29, 1.82) is 0 Å². The summed E-state index contributed by atoms with van der Waals surface area (Å²) >= 11 is 0. The second-order valence-corrected chi connectivity index (χ2v) is 10.2. The Balaban J connectivity index is 1.83. The van der Waals surface area contributed by atoms with E-state index >= 15 is 0 Å². The number of ether oxygens (including phenoxy) is 2. The zero-order valence-electron chi connectivity index (χ0n) is 23.8. The van der Waals surface area contributed by atoms with Crippen molar-refractivity contribution in [2.45, 2.75) is 39.5 Å². The zero-order chi connectivity index (χ0) is 29.8. The van der Waals surface area contributed by atoms with Crippen LogP contribution in [0.5, 0.6) is 5.75 Å². The first-order chi connectivity index (χ1) is 19.5. The topological polar surface area (TPSA) is 113 Å². The lowest BCUT2D eigenvalue weighted by atomic mass is 10.0. The second-order valence-electron chi connectivity index (χ2n) is 10.2. The number of aromatic nitrogens is 3. The first-order valence-corrected chi connectivity index (χ1v) is 13.2. The lowest BCUT2D eigenvalue weighted by molar-refractivity contribution is -0.154. The van der Waals surface area contributed by atoms with Crippen molar-refractivity contribution in [3.63, 3.8) is 0 Å². The van der Waals surface area contributed by atoms with Crippen LogP contribution >= 0.6 is 0 Å². The molecular formula is C31H34FN5O4. The fourth-order valence-corrected chi connectivity index (χ4v) is 4.61. The number of nitrogens with two attached hydrogens (primary N) is 1. The SMILES string of the molecule is C=CC(=O)N(C)c1cc(OC)cc(-c2cnc3c(c2)c(-c2ccnc(F)c2)cn3C(C)OC(=O)C(N)CC(C)C)c1. The van der Waals surface area contributed by atoms with Gasteiger partial charge < -0.3 is 20.1 Å². The standard InChI is InChI=1S/C31H34FN5O4/c1-7-29(38)36(5)23-11-21(12-24(15-23)40-6)22-13-25-26(20-8-9-34-28(32)14-20)17-37(30(25)35-16-22)19(4)41-31(39)27(33)10-18(2)3/h7-9,11-19,27H,1,10,33H2,2-6H3. The first-order valence-electron chi connectivity index (χ1n) is 13.2. The monoisotopic (exact) mass is 559 g/mol. The molecule has 9 nitrogen and oxygen atoms in total. The number of rotatable bonds is 10. The third-order valence-corrected chi connectivity index (χ3v) is 6.77. The summed E-state index contributed by atoms with van der Waals surface area (Å²) in [4.78, 5) is 34.8. The van der Waals surface area contributed by atoms with Crippen LogP contribution in [0.3, 0.4) is 0 Å². The number of hydrogen-bond acceptors (Lipinski definition) is 7. The van der Waals surface area contributed by atoms with Gasteiger partial charge in [0.15, 0.2) is 6.23 Å². The molecule has 10 heteroatoms. The Hall–Kier alpha value is -4.57. The number of amides is 1. The molecule has 0 saturated heterocycles. The minimum Gasteiger partial charge on any atom is -0.497 e. The van der Waals surface area contributed by atoms with Crippen molar-refractivity contribution < 1.29 is 23.5 Å². The Labute approximate surface area is 238 Å². The summed E-state index contributed by atoms with van der Waals surface area (Å²) in [5.74, 6) is -0.621. The summed E-state index contributed by atoms with van der Waals surface area (Å²) in [7, 11) is 3.20. The van der Waals surface area contributed by atoms with Crippen molar-refractivity contribution in [3.8, 4) is 28.0 Å². The average molecular weight is 560 g/mol. The van der Waals surface area contributed by atoms with Gasteiger partial charge in [-0.1, -0.05) is 20.4 Å². The lowest BCUT2D eigenvalue weighted by Gasteiger charge is -2.19. The smallest absolute Gasteiger partial charge is 0.324 e. The molecule has 1 aromatic carbocycles. The van der Waals surface area contributed by atoms with E-state index in [1.165, 1.54) is 23.2 Å². The summed E-state index contributed by atoms with van der Waals surface area (Å²) in [5.41, 5.74) is 9.92. The molecule has 3 aromatic heterocycles. The van der Waals surface area contributed by atoms with Crippen molar-refractivity contribution in [1.82, 2.24) is 14.5 Å². The molecule has 4 aromatic rings. The van der Waals surface area contributed by atoms with Gasteiger partial charge in [-0.3, -0.25) is 14.2 Å². The third kappa shape index (κ3) is 6.44. The first kappa shape index (κ1) is 29.4. The molecule has 0 saturated carbocycles. The van der Waals surface area contributed by atoms with Crippen LogP contribution in [0.25, 0.3) is 33.3 Å². The normalized spacial score (nSPS) is 12.7. The van der Waals surface area contributed by atoms with Crippen molar-refractivity contribution >= 4 is 28.6 Å². The number of halogens is 1. The summed E-state index contributed by atoms with van der Waals surface area (Å²) in [5, 5.41) is 0.697. The van der Waals surface area contributed by atoms with Gasteiger partial charge in [0.2, 0.25) is 11.9 Å². The number of carbonyl (C=O) groups excluding carboxylic acids is 2. The maximum absolute atomic E-state index is 14.2. The molecule has 0 aliphatic heterocycles. The number of esters is 1. The van der Waals surface area contributed by atoms with E-state index in [1.54, 1.807) is 50.2 Å². The summed E-state index contributed by atoms with van der Waals surface area (Å²) in [6, 6.07) is 9.63. The van der Waals surface area contributed by atoms with Gasteiger partial charge in [-0.05, 0) is 60.7 Å². The van der Waals surface area contributed by atoms with E-state index in [2.05, 4.69) is 11.6 Å².